The molecular formula is C44H37ClN10O18S7. The fraction of sp³-hybridized carbons (Fsp3) is 0.205. The van der Waals surface area contributed by atoms with Crippen LogP contribution >= 0.6 is 34.7 Å². The summed E-state index contributed by atoms with van der Waals surface area (Å²) in [5.41, 5.74) is -0.463. The molecule has 3 heterocycles. The van der Waals surface area contributed by atoms with E-state index < -0.39 is 94.3 Å². The summed E-state index contributed by atoms with van der Waals surface area (Å²) in [5, 5.41) is 57.6. The van der Waals surface area contributed by atoms with Gasteiger partial charge in [0.25, 0.3) is 50.6 Å². The van der Waals surface area contributed by atoms with Crippen molar-refractivity contribution in [1.82, 2.24) is 14.4 Å². The number of imidazole rings is 1. The molecule has 0 amide bonds. The third-order valence-electron chi connectivity index (χ3n) is 11.5. The maximum atomic E-state index is 12.5. The predicted octanol–water partition coefficient (Wildman–Crippen LogP) is 9.60. The van der Waals surface area contributed by atoms with Crippen molar-refractivity contribution in [1.29, 1.82) is 5.26 Å². The van der Waals surface area contributed by atoms with E-state index in [0.29, 0.717) is 5.56 Å². The van der Waals surface area contributed by atoms with Gasteiger partial charge < -0.3 is 14.9 Å². The van der Waals surface area contributed by atoms with E-state index >= 15 is 0 Å². The number of aliphatic hydroxyl groups is 1. The van der Waals surface area contributed by atoms with Gasteiger partial charge in [0.15, 0.2) is 11.3 Å². The summed E-state index contributed by atoms with van der Waals surface area (Å²) in [6.45, 7) is 1.97. The average Bonchev–Trinajstić information content (AvgIpc) is 3.98. The van der Waals surface area contributed by atoms with E-state index in [1.54, 1.807) is 6.92 Å². The maximum Gasteiger partial charge on any atom is 0.296 e. The number of rotatable bonds is 20. The number of hydrogen-bond donors (Lipinski definition) is 7. The zero-order valence-electron chi connectivity index (χ0n) is 40.6. The standard InChI is InChI=1S/C44H37ClN10O18S7/c1-21-13-30(51-53-38-22(2)27(19-46)42-47-39-32(55(42)43(38)57)7-8-35(37(39)45)79(67,68)69)33(73-9-3-11-76(58,59)60)17-28(21)49-52-31-14-24(20-56)29(18-34(31)74-10-4-12-77(61,62)63)50-54-44-48-40-36(80(70,71)72)15-23-5-6-25(78(64,65)66)16-26(23)41(40)75-44/h5-8,13-18,56-57H,3-4,9-12,20H2,1-2H3,(H,58,59,60)(H,61,62,63)(H,64,65,66)(H,67,68,69)(H,70,71,72). The first-order valence-electron chi connectivity index (χ1n) is 22.3. The number of pyridine rings is 1. The molecule has 0 atom stereocenters. The fourth-order valence-electron chi connectivity index (χ4n) is 7.75. The summed E-state index contributed by atoms with van der Waals surface area (Å²) in [6, 6.07) is 14.0. The lowest BCUT2D eigenvalue weighted by Gasteiger charge is -2.12. The van der Waals surface area contributed by atoms with E-state index in [1.165, 1.54) is 43.3 Å². The molecule has 0 unspecified atom stereocenters. The van der Waals surface area contributed by atoms with Crippen LogP contribution in [0.5, 0.6) is 11.6 Å². The summed E-state index contributed by atoms with van der Waals surface area (Å²) < 4.78 is 174. The molecule has 0 spiro atoms. The van der Waals surface area contributed by atoms with Crippen LogP contribution in [0.3, 0.4) is 0 Å². The Morgan fingerprint density at radius 2 is 1.39 bits per heavy atom. The molecule has 28 nitrogen and oxygen atoms in total. The molecule has 0 bridgehead atoms. The van der Waals surface area contributed by atoms with E-state index in [9.17, 15) is 80.3 Å². The van der Waals surface area contributed by atoms with Gasteiger partial charge in [-0.15, -0.1) is 37.3 Å². The van der Waals surface area contributed by atoms with E-state index in [-0.39, 0.29) is 124 Å². The molecule has 8 aromatic rings. The highest BCUT2D eigenvalue weighted by atomic mass is 35.5. The van der Waals surface area contributed by atoms with Crippen LogP contribution in [0.25, 0.3) is 37.7 Å². The SMILES string of the molecule is Cc1cc(N=Nc2c(C)c(C#N)c3nc4c(Cl)c(S(=O)(=O)O)ccc4n3c2O)c(OCCCS(=O)(=O)O)cc1N=Nc1cc(CO)c(N=Nc2nc3c(S(=O)(=O)O)cc4ccc(S(=O)(=O)O)cc4c3s2)cc1SCCCS(=O)(=O)O. The Kier molecular flexibility index (Phi) is 16.8. The van der Waals surface area contributed by atoms with Crippen molar-refractivity contribution in [3.63, 3.8) is 0 Å². The first-order chi connectivity index (χ1) is 37.4. The van der Waals surface area contributed by atoms with Gasteiger partial charge in [0.1, 0.15) is 43.9 Å². The highest BCUT2D eigenvalue weighted by molar-refractivity contribution is 7.99. The Morgan fingerprint density at radius 3 is 2.04 bits per heavy atom. The van der Waals surface area contributed by atoms with Gasteiger partial charge in [-0.1, -0.05) is 29.0 Å². The Bertz CT molecular complexity index is 4640. The van der Waals surface area contributed by atoms with Crippen molar-refractivity contribution in [3.05, 3.63) is 87.9 Å². The quantitative estimate of drug-likeness (QED) is 0.0161. The Labute approximate surface area is 465 Å². The number of nitriles is 1. The van der Waals surface area contributed by atoms with E-state index in [1.807, 2.05) is 6.07 Å². The van der Waals surface area contributed by atoms with E-state index in [0.717, 1.165) is 51.8 Å². The van der Waals surface area contributed by atoms with Crippen LogP contribution < -0.4 is 4.74 Å². The molecule has 7 N–H and O–H groups in total. The lowest BCUT2D eigenvalue weighted by molar-refractivity contribution is 0.282. The smallest absolute Gasteiger partial charge is 0.296 e. The second-order valence-electron chi connectivity index (χ2n) is 16.9. The van der Waals surface area contributed by atoms with Crippen molar-refractivity contribution < 1.29 is 79.8 Å². The number of hydrogen-bond acceptors (Lipinski definition) is 24. The summed E-state index contributed by atoms with van der Waals surface area (Å²) in [5.74, 6) is -1.97. The topological polar surface area (TPSA) is 450 Å². The van der Waals surface area contributed by atoms with Crippen LogP contribution in [0.4, 0.5) is 33.6 Å². The molecule has 36 heteroatoms. The number of aliphatic hydroxyl groups excluding tert-OH is 1. The predicted molar refractivity (Wildman–Crippen MR) is 290 cm³/mol. The molecule has 80 heavy (non-hydrogen) atoms. The van der Waals surface area contributed by atoms with Gasteiger partial charge in [0, 0.05) is 27.5 Å². The number of nitrogens with zero attached hydrogens (tertiary/aromatic N) is 10. The number of thiazole rings is 1. The summed E-state index contributed by atoms with van der Waals surface area (Å²) in [7, 11) is -23.2. The number of fused-ring (bicyclic) bond motifs is 6. The number of benzene rings is 5. The van der Waals surface area contributed by atoms with E-state index in [4.69, 9.17) is 16.3 Å². The Morgan fingerprint density at radius 1 is 0.725 bits per heavy atom. The number of ether oxygens (including phenoxy) is 1. The zero-order valence-corrected chi connectivity index (χ0v) is 47.0. The normalized spacial score (nSPS) is 13.1. The monoisotopic (exact) mass is 1250 g/mol. The van der Waals surface area contributed by atoms with Gasteiger partial charge in [-0.2, -0.15) is 52.5 Å². The third-order valence-corrected chi connectivity index (χ3v) is 18.3. The minimum atomic E-state index is -4.92. The van der Waals surface area contributed by atoms with Crippen LogP contribution in [0, 0.1) is 25.2 Å². The third kappa shape index (κ3) is 13.0. The van der Waals surface area contributed by atoms with Crippen LogP contribution in [0.2, 0.25) is 5.02 Å². The molecule has 8 rings (SSSR count). The lowest BCUT2D eigenvalue weighted by atomic mass is 10.1. The molecule has 0 aliphatic heterocycles. The average molecular weight is 1250 g/mol. The van der Waals surface area contributed by atoms with Crippen LogP contribution in [-0.2, 0) is 57.2 Å². The number of aromatic hydroxyl groups is 1. The van der Waals surface area contributed by atoms with Crippen molar-refractivity contribution in [2.24, 2.45) is 30.7 Å². The van der Waals surface area contributed by atoms with Crippen molar-refractivity contribution in [2.75, 3.05) is 23.9 Å². The lowest BCUT2D eigenvalue weighted by Crippen LogP contribution is -2.08. The van der Waals surface area contributed by atoms with Crippen molar-refractivity contribution >= 4 is 157 Å². The van der Waals surface area contributed by atoms with Gasteiger partial charge >= 0.3 is 0 Å². The van der Waals surface area contributed by atoms with Gasteiger partial charge in [-0.25, -0.2) is 9.97 Å². The van der Waals surface area contributed by atoms with Gasteiger partial charge in [0.05, 0.1) is 61.9 Å². The molecule has 0 fully saturated rings. The first-order valence-corrected chi connectivity index (χ1v) is 32.0. The Hall–Kier alpha value is -6.76. The maximum absolute atomic E-state index is 12.5. The van der Waals surface area contributed by atoms with Crippen LogP contribution in [0.15, 0.2) is 111 Å². The number of azo groups is 3. The second kappa shape index (κ2) is 22.6. The molecule has 5 aromatic carbocycles. The molecule has 0 saturated carbocycles. The number of aromatic nitrogens is 3. The van der Waals surface area contributed by atoms with Crippen molar-refractivity contribution in [2.45, 2.75) is 52.9 Å². The molecule has 0 aliphatic carbocycles. The van der Waals surface area contributed by atoms with Crippen LogP contribution in [0.1, 0.15) is 35.1 Å². The van der Waals surface area contributed by atoms with Crippen LogP contribution in [-0.4, -0.2) is 113 Å². The number of thioether (sulfide) groups is 1. The minimum Gasteiger partial charge on any atom is -0.493 e. The molecule has 0 saturated heterocycles. The van der Waals surface area contributed by atoms with Gasteiger partial charge in [-0.05, 0) is 91.9 Å². The second-order valence-corrected chi connectivity index (χ2v) is 26.8. The molecule has 0 aliphatic rings. The van der Waals surface area contributed by atoms with Gasteiger partial charge in [-0.3, -0.25) is 27.2 Å². The molecule has 420 valence electrons. The van der Waals surface area contributed by atoms with Crippen molar-refractivity contribution in [3.8, 4) is 17.7 Å². The molecule has 3 aromatic heterocycles. The highest BCUT2D eigenvalue weighted by Crippen LogP contribution is 2.45. The molecular weight excluding hydrogens is 1220 g/mol. The van der Waals surface area contributed by atoms with E-state index in [2.05, 4.69) is 40.7 Å². The minimum absolute atomic E-state index is 0.0124. The fourth-order valence-corrected chi connectivity index (χ4v) is 13.1. The van der Waals surface area contributed by atoms with Gasteiger partial charge in [0.2, 0.25) is 11.0 Å². The first kappa shape index (κ1) is 59.4. The summed E-state index contributed by atoms with van der Waals surface area (Å²) >= 11 is 8.09. The molecule has 0 radical (unpaired) electrons. The summed E-state index contributed by atoms with van der Waals surface area (Å²) in [4.78, 5) is 6.91. The largest absolute Gasteiger partial charge is 0.493 e. The summed E-state index contributed by atoms with van der Waals surface area (Å²) in [6.07, 6.45) is -0.280. The Balaban J connectivity index is 1.19. The highest BCUT2D eigenvalue weighted by Gasteiger charge is 2.27. The number of halogens is 1. The zero-order chi connectivity index (χ0) is 58.4. The number of aryl methyl sites for hydroxylation is 1.